The van der Waals surface area contributed by atoms with Crippen LogP contribution < -0.4 is 16.8 Å². The number of carbonyl (C=O) groups excluding carboxylic acids is 2. The molecule has 1 rings (SSSR count). The van der Waals surface area contributed by atoms with E-state index in [0.29, 0.717) is 0 Å². The smallest absolute Gasteiger partial charge is 0.318 e. The molecule has 1 atom stereocenters. The number of imide groups is 1. The maximum atomic E-state index is 12.9. The van der Waals surface area contributed by atoms with E-state index < -0.39 is 34.3 Å². The van der Waals surface area contributed by atoms with Crippen LogP contribution in [0.25, 0.3) is 0 Å². The molecule has 1 unspecified atom stereocenters. The van der Waals surface area contributed by atoms with E-state index in [9.17, 15) is 18.2 Å². The molecule has 0 radical (unpaired) electrons. The predicted octanol–water partition coefficient (Wildman–Crippen LogP) is -0.290. The first-order chi connectivity index (χ1) is 7.90. The van der Waals surface area contributed by atoms with Crippen LogP contribution in [-0.4, -0.2) is 21.9 Å². The van der Waals surface area contributed by atoms with Crippen molar-refractivity contribution in [2.24, 2.45) is 5.73 Å². The van der Waals surface area contributed by atoms with Gasteiger partial charge in [0.25, 0.3) is 0 Å². The van der Waals surface area contributed by atoms with Gasteiger partial charge in [0.05, 0.1) is 15.7 Å². The Hall–Kier alpha value is -1.96. The van der Waals surface area contributed by atoms with E-state index in [4.69, 9.17) is 11.5 Å². The molecule has 0 aliphatic rings. The Morgan fingerprint density at radius 2 is 2.06 bits per heavy atom. The molecule has 8 heteroatoms. The van der Waals surface area contributed by atoms with Gasteiger partial charge in [-0.05, 0) is 18.2 Å². The van der Waals surface area contributed by atoms with Crippen LogP contribution in [0.3, 0.4) is 0 Å². The summed E-state index contributed by atoms with van der Waals surface area (Å²) in [6.45, 7) is 0. The van der Waals surface area contributed by atoms with Crippen LogP contribution in [-0.2, 0) is 15.6 Å². The highest BCUT2D eigenvalue weighted by molar-refractivity contribution is 7.86. The zero-order valence-electron chi connectivity index (χ0n) is 8.60. The van der Waals surface area contributed by atoms with E-state index in [1.165, 1.54) is 6.07 Å². The fraction of sp³-hybridized carbons (Fsp3) is 0.111. The van der Waals surface area contributed by atoms with Crippen LogP contribution in [0.15, 0.2) is 23.1 Å². The molecule has 0 bridgehead atoms. The third kappa shape index (κ3) is 3.83. The fourth-order valence-corrected chi connectivity index (χ4v) is 2.12. The lowest BCUT2D eigenvalue weighted by molar-refractivity contribution is -0.117. The average Bonchev–Trinajstić information content (AvgIpc) is 2.20. The molecule has 92 valence electrons. The molecule has 0 aliphatic heterocycles. The zero-order chi connectivity index (χ0) is 13.0. The van der Waals surface area contributed by atoms with Crippen LogP contribution in [0, 0.1) is 5.82 Å². The van der Waals surface area contributed by atoms with Crippen molar-refractivity contribution in [3.8, 4) is 0 Å². The average molecular weight is 259 g/mol. The lowest BCUT2D eigenvalue weighted by Gasteiger charge is -2.05. The molecule has 0 aliphatic carbocycles. The summed E-state index contributed by atoms with van der Waals surface area (Å²) in [6, 6.07) is 2.29. The van der Waals surface area contributed by atoms with Gasteiger partial charge in [0.1, 0.15) is 11.6 Å². The Labute approximate surface area is 98.6 Å². The summed E-state index contributed by atoms with van der Waals surface area (Å²) < 4.78 is 24.6. The number of nitrogen functional groups attached to an aromatic ring is 1. The molecule has 3 amide bonds. The van der Waals surface area contributed by atoms with Gasteiger partial charge < -0.3 is 11.5 Å². The molecule has 0 saturated heterocycles. The van der Waals surface area contributed by atoms with E-state index in [1.807, 2.05) is 0 Å². The Bertz CT molecular complexity index is 492. The minimum absolute atomic E-state index is 0.00428. The topological polar surface area (TPSA) is 115 Å². The van der Waals surface area contributed by atoms with Gasteiger partial charge in [-0.2, -0.15) is 0 Å². The maximum Gasteiger partial charge on any atom is 0.318 e. The highest BCUT2D eigenvalue weighted by Gasteiger charge is 2.14. The summed E-state index contributed by atoms with van der Waals surface area (Å²) in [6.07, 6.45) is 0. The van der Waals surface area contributed by atoms with Gasteiger partial charge in [0.2, 0.25) is 5.91 Å². The lowest BCUT2D eigenvalue weighted by atomic mass is 10.3. The van der Waals surface area contributed by atoms with Crippen LogP contribution in [0.2, 0.25) is 0 Å². The number of carbonyl (C=O) groups is 2. The first kappa shape index (κ1) is 13.1. The van der Waals surface area contributed by atoms with Crippen molar-refractivity contribution < 1.29 is 18.2 Å². The second kappa shape index (κ2) is 5.39. The largest absolute Gasteiger partial charge is 0.398 e. The highest BCUT2D eigenvalue weighted by Crippen LogP contribution is 2.17. The van der Waals surface area contributed by atoms with Crippen LogP contribution >= 0.6 is 0 Å². The van der Waals surface area contributed by atoms with Gasteiger partial charge in [-0.1, -0.05) is 0 Å². The Morgan fingerprint density at radius 1 is 1.41 bits per heavy atom. The lowest BCUT2D eigenvalue weighted by Crippen LogP contribution is -2.37. The number of anilines is 1. The molecule has 0 heterocycles. The van der Waals surface area contributed by atoms with E-state index in [1.54, 1.807) is 5.32 Å². The van der Waals surface area contributed by atoms with E-state index in [2.05, 4.69) is 0 Å². The van der Waals surface area contributed by atoms with Gasteiger partial charge >= 0.3 is 6.03 Å². The summed E-state index contributed by atoms with van der Waals surface area (Å²) in [4.78, 5) is 21.5. The number of benzene rings is 1. The van der Waals surface area contributed by atoms with Gasteiger partial charge in [0, 0.05) is 5.69 Å². The molecular weight excluding hydrogens is 249 g/mol. The van der Waals surface area contributed by atoms with Crippen molar-refractivity contribution in [2.45, 2.75) is 4.90 Å². The van der Waals surface area contributed by atoms with Crippen molar-refractivity contribution in [1.82, 2.24) is 5.32 Å². The second-order valence-electron chi connectivity index (χ2n) is 3.08. The normalized spacial score (nSPS) is 11.8. The number of hydrogen-bond acceptors (Lipinski definition) is 4. The summed E-state index contributed by atoms with van der Waals surface area (Å²) in [5, 5.41) is 1.75. The monoisotopic (exact) mass is 259 g/mol. The molecule has 6 nitrogen and oxygen atoms in total. The predicted molar refractivity (Wildman–Crippen MR) is 59.8 cm³/mol. The second-order valence-corrected chi connectivity index (χ2v) is 4.50. The van der Waals surface area contributed by atoms with Crippen LogP contribution in [0.4, 0.5) is 14.9 Å². The molecule has 17 heavy (non-hydrogen) atoms. The van der Waals surface area contributed by atoms with Gasteiger partial charge in [0.15, 0.2) is 0 Å². The number of amides is 3. The molecule has 0 spiro atoms. The number of primary amides is 1. The minimum Gasteiger partial charge on any atom is -0.398 e. The van der Waals surface area contributed by atoms with E-state index >= 15 is 0 Å². The number of halogens is 1. The molecule has 1 aromatic carbocycles. The van der Waals surface area contributed by atoms with Crippen molar-refractivity contribution >= 4 is 28.4 Å². The summed E-state index contributed by atoms with van der Waals surface area (Å²) in [5.74, 6) is -1.95. The summed E-state index contributed by atoms with van der Waals surface area (Å²) in [7, 11) is -1.84. The summed E-state index contributed by atoms with van der Waals surface area (Å²) >= 11 is 0. The third-order valence-corrected chi connectivity index (χ3v) is 3.11. The quantitative estimate of drug-likeness (QED) is 0.647. The highest BCUT2D eigenvalue weighted by atomic mass is 32.2. The van der Waals surface area contributed by atoms with E-state index in [0.717, 1.165) is 12.1 Å². The minimum atomic E-state index is -1.84. The SMILES string of the molecule is NC(=O)NC(=O)CS(=O)c1cc(F)ccc1N. The van der Waals surface area contributed by atoms with Crippen molar-refractivity contribution in [3.05, 3.63) is 24.0 Å². The Balaban J connectivity index is 2.80. The number of hydrogen-bond donors (Lipinski definition) is 3. The number of nitrogens with two attached hydrogens (primary N) is 2. The van der Waals surface area contributed by atoms with Crippen LogP contribution in [0.5, 0.6) is 0 Å². The van der Waals surface area contributed by atoms with Gasteiger partial charge in [-0.25, -0.2) is 9.18 Å². The number of rotatable bonds is 3. The fourth-order valence-electron chi connectivity index (χ4n) is 1.08. The number of nitrogens with one attached hydrogen (secondary N) is 1. The van der Waals surface area contributed by atoms with Crippen molar-refractivity contribution in [3.63, 3.8) is 0 Å². The molecular formula is C9H10FN3O3S. The van der Waals surface area contributed by atoms with Crippen molar-refractivity contribution in [1.29, 1.82) is 0 Å². The molecule has 0 fully saturated rings. The molecule has 5 N–H and O–H groups in total. The van der Waals surface area contributed by atoms with Crippen LogP contribution in [0.1, 0.15) is 0 Å². The zero-order valence-corrected chi connectivity index (χ0v) is 9.42. The van der Waals surface area contributed by atoms with Gasteiger partial charge in [-0.3, -0.25) is 14.3 Å². The Kier molecular flexibility index (Phi) is 4.16. The van der Waals surface area contributed by atoms with Crippen molar-refractivity contribution in [2.75, 3.05) is 11.5 Å². The molecule has 1 aromatic rings. The molecule has 0 saturated carbocycles. The molecule has 0 aromatic heterocycles. The third-order valence-electron chi connectivity index (χ3n) is 1.75. The standard InChI is InChI=1S/C9H10FN3O3S/c10-5-1-2-6(11)7(3-5)17(16)4-8(14)13-9(12)15/h1-3H,4,11H2,(H3,12,13,14,15). The first-order valence-electron chi connectivity index (χ1n) is 4.43. The van der Waals surface area contributed by atoms with E-state index in [-0.39, 0.29) is 10.6 Å². The Morgan fingerprint density at radius 3 is 2.65 bits per heavy atom. The van der Waals surface area contributed by atoms with Gasteiger partial charge in [-0.15, -0.1) is 0 Å². The first-order valence-corrected chi connectivity index (χ1v) is 5.74. The number of urea groups is 1. The summed E-state index contributed by atoms with van der Waals surface area (Å²) in [5.41, 5.74) is 10.3. The maximum absolute atomic E-state index is 12.9.